The molecule has 2 atom stereocenters. The van der Waals surface area contributed by atoms with Crippen LogP contribution in [0.15, 0.2) is 47.4 Å². The second-order valence-electron chi connectivity index (χ2n) is 10.4. The van der Waals surface area contributed by atoms with Gasteiger partial charge in [-0.25, -0.2) is 0 Å². The summed E-state index contributed by atoms with van der Waals surface area (Å²) in [6.07, 6.45) is 4.93. The van der Waals surface area contributed by atoms with Gasteiger partial charge in [-0.15, -0.1) is 0 Å². The molecule has 1 aliphatic heterocycles. The highest BCUT2D eigenvalue weighted by molar-refractivity contribution is 5.96. The summed E-state index contributed by atoms with van der Waals surface area (Å²) in [5.41, 5.74) is 2.41. The highest BCUT2D eigenvalue weighted by atomic mass is 16.2. The average Bonchev–Trinajstić information content (AvgIpc) is 2.93. The minimum absolute atomic E-state index is 0.0506. The highest BCUT2D eigenvalue weighted by Crippen LogP contribution is 2.52. The van der Waals surface area contributed by atoms with E-state index in [1.54, 1.807) is 36.5 Å². The number of nitrogens with one attached hydrogen (secondary N) is 1. The van der Waals surface area contributed by atoms with E-state index < -0.39 is 0 Å². The zero-order valence-electron chi connectivity index (χ0n) is 18.8. The van der Waals surface area contributed by atoms with Crippen LogP contribution in [0, 0.1) is 17.8 Å². The normalized spacial score (nSPS) is 24.1. The van der Waals surface area contributed by atoms with E-state index >= 15 is 0 Å². The summed E-state index contributed by atoms with van der Waals surface area (Å²) >= 11 is 0. The zero-order chi connectivity index (χ0) is 22.4. The van der Waals surface area contributed by atoms with E-state index in [0.29, 0.717) is 17.3 Å². The van der Waals surface area contributed by atoms with Crippen molar-refractivity contribution in [2.24, 2.45) is 10.8 Å². The Morgan fingerprint density at radius 3 is 2.48 bits per heavy atom. The number of benzene rings is 1. The van der Waals surface area contributed by atoms with E-state index in [9.17, 15) is 14.4 Å². The smallest absolute Gasteiger partial charge is 0.254 e. The predicted molar refractivity (Wildman–Crippen MR) is 121 cm³/mol. The molecule has 2 fully saturated rings. The summed E-state index contributed by atoms with van der Waals surface area (Å²) in [6.45, 7) is 9.53. The van der Waals surface area contributed by atoms with Crippen LogP contribution in [-0.2, 0) is 11.3 Å². The number of aromatic nitrogens is 1. The van der Waals surface area contributed by atoms with Crippen molar-refractivity contribution in [2.45, 2.75) is 59.5 Å². The van der Waals surface area contributed by atoms with Gasteiger partial charge in [0.05, 0.1) is 0 Å². The molecule has 2 aliphatic rings. The maximum absolute atomic E-state index is 13.2. The quantitative estimate of drug-likeness (QED) is 0.815. The number of fused-ring (bicyclic) bond motifs is 2. The molecular formula is C25H31N3O3. The standard InChI is InChI=1S/C25H31N3O3/c1-17-5-10-22(30)27(13-17)14-21(29)26-19-8-6-18(7-9-19)23(31)28-16-25(4)12-20(28)11-24(2,3)15-25/h5-10,13,20H,11-12,14-16H2,1-4H3,(H,26,29). The molecule has 0 radical (unpaired) electrons. The van der Waals surface area contributed by atoms with Crippen LogP contribution in [0.25, 0.3) is 0 Å². The first-order valence-corrected chi connectivity index (χ1v) is 10.9. The number of likely N-dealkylation sites (tertiary alicyclic amines) is 1. The van der Waals surface area contributed by atoms with Gasteiger partial charge in [-0.1, -0.05) is 26.8 Å². The van der Waals surface area contributed by atoms with Crippen LogP contribution in [0.5, 0.6) is 0 Å². The average molecular weight is 422 g/mol. The zero-order valence-corrected chi connectivity index (χ0v) is 18.8. The van der Waals surface area contributed by atoms with Crippen molar-refractivity contribution in [1.82, 2.24) is 9.47 Å². The molecule has 2 unspecified atom stereocenters. The molecule has 4 rings (SSSR count). The molecule has 164 valence electrons. The van der Waals surface area contributed by atoms with Crippen LogP contribution >= 0.6 is 0 Å². The molecule has 1 aromatic carbocycles. The first kappa shape index (κ1) is 21.3. The third kappa shape index (κ3) is 4.58. The SMILES string of the molecule is Cc1ccc(=O)n(CC(=O)Nc2ccc(C(=O)N3CC4(C)CC3CC(C)(C)C4)cc2)c1. The van der Waals surface area contributed by atoms with E-state index in [2.05, 4.69) is 26.1 Å². The van der Waals surface area contributed by atoms with Gasteiger partial charge in [0.25, 0.3) is 11.5 Å². The minimum Gasteiger partial charge on any atom is -0.335 e. The Morgan fingerprint density at radius 1 is 1.06 bits per heavy atom. The summed E-state index contributed by atoms with van der Waals surface area (Å²) in [5.74, 6) is -0.217. The minimum atomic E-state index is -0.282. The Balaban J connectivity index is 1.41. The largest absolute Gasteiger partial charge is 0.335 e. The number of nitrogens with zero attached hydrogens (tertiary/aromatic N) is 2. The van der Waals surface area contributed by atoms with E-state index in [-0.39, 0.29) is 34.7 Å². The van der Waals surface area contributed by atoms with Crippen LogP contribution in [0.3, 0.4) is 0 Å². The van der Waals surface area contributed by atoms with Gasteiger partial charge in [-0.05, 0) is 66.8 Å². The number of carbonyl (C=O) groups is 2. The van der Waals surface area contributed by atoms with E-state index in [0.717, 1.165) is 31.4 Å². The van der Waals surface area contributed by atoms with Crippen LogP contribution in [0.1, 0.15) is 56.0 Å². The fourth-order valence-electron chi connectivity index (χ4n) is 5.69. The molecule has 31 heavy (non-hydrogen) atoms. The van der Waals surface area contributed by atoms with Crippen molar-refractivity contribution in [3.8, 4) is 0 Å². The Hall–Kier alpha value is -2.89. The lowest BCUT2D eigenvalue weighted by Crippen LogP contribution is -2.37. The Labute approximate surface area is 183 Å². The van der Waals surface area contributed by atoms with Gasteiger partial charge in [0.2, 0.25) is 5.91 Å². The molecule has 1 N–H and O–H groups in total. The van der Waals surface area contributed by atoms with Crippen LogP contribution in [0.4, 0.5) is 5.69 Å². The Bertz CT molecular complexity index is 1070. The number of rotatable bonds is 4. The summed E-state index contributed by atoms with van der Waals surface area (Å²) in [7, 11) is 0. The van der Waals surface area contributed by atoms with Gasteiger partial charge in [-0.2, -0.15) is 0 Å². The molecular weight excluding hydrogens is 390 g/mol. The molecule has 0 spiro atoms. The van der Waals surface area contributed by atoms with Gasteiger partial charge < -0.3 is 14.8 Å². The monoisotopic (exact) mass is 421 g/mol. The van der Waals surface area contributed by atoms with Crippen molar-refractivity contribution in [1.29, 1.82) is 0 Å². The summed E-state index contributed by atoms with van der Waals surface area (Å²) in [5, 5.41) is 2.80. The summed E-state index contributed by atoms with van der Waals surface area (Å²) in [4.78, 5) is 39.5. The predicted octanol–water partition coefficient (Wildman–Crippen LogP) is 3.84. The lowest BCUT2D eigenvalue weighted by Gasteiger charge is -2.39. The van der Waals surface area contributed by atoms with Gasteiger partial charge in [0.1, 0.15) is 6.54 Å². The molecule has 6 nitrogen and oxygen atoms in total. The molecule has 1 aromatic heterocycles. The maximum Gasteiger partial charge on any atom is 0.254 e. The second kappa shape index (κ2) is 7.66. The van der Waals surface area contributed by atoms with Crippen molar-refractivity contribution in [3.05, 3.63) is 64.1 Å². The van der Waals surface area contributed by atoms with Gasteiger partial charge in [-0.3, -0.25) is 14.4 Å². The molecule has 1 saturated heterocycles. The number of aryl methyl sites for hydroxylation is 1. The third-order valence-corrected chi connectivity index (χ3v) is 6.54. The number of anilines is 1. The van der Waals surface area contributed by atoms with Crippen molar-refractivity contribution in [3.63, 3.8) is 0 Å². The lowest BCUT2D eigenvalue weighted by atomic mass is 9.65. The van der Waals surface area contributed by atoms with Crippen molar-refractivity contribution < 1.29 is 9.59 Å². The van der Waals surface area contributed by atoms with E-state index in [1.165, 1.54) is 10.6 Å². The highest BCUT2D eigenvalue weighted by Gasteiger charge is 2.50. The van der Waals surface area contributed by atoms with Crippen LogP contribution < -0.4 is 10.9 Å². The van der Waals surface area contributed by atoms with Gasteiger partial charge in [0, 0.05) is 36.1 Å². The number of pyridine rings is 1. The van der Waals surface area contributed by atoms with Crippen molar-refractivity contribution in [2.75, 3.05) is 11.9 Å². The first-order valence-electron chi connectivity index (χ1n) is 10.9. The molecule has 2 amide bonds. The molecule has 2 heterocycles. The molecule has 1 saturated carbocycles. The lowest BCUT2D eigenvalue weighted by molar-refractivity contribution is -0.116. The molecule has 6 heteroatoms. The molecule has 2 aromatic rings. The Kier molecular flexibility index (Phi) is 5.28. The fourth-order valence-corrected chi connectivity index (χ4v) is 5.69. The van der Waals surface area contributed by atoms with Crippen LogP contribution in [0.2, 0.25) is 0 Å². The topological polar surface area (TPSA) is 71.4 Å². The van der Waals surface area contributed by atoms with Gasteiger partial charge in [0.15, 0.2) is 0 Å². The fraction of sp³-hybridized carbons (Fsp3) is 0.480. The number of amides is 2. The first-order chi connectivity index (χ1) is 14.5. The second-order valence-corrected chi connectivity index (χ2v) is 10.4. The Morgan fingerprint density at radius 2 is 1.77 bits per heavy atom. The van der Waals surface area contributed by atoms with E-state index in [1.807, 2.05) is 11.8 Å². The molecule has 1 aliphatic carbocycles. The molecule has 2 bridgehead atoms. The maximum atomic E-state index is 13.2. The van der Waals surface area contributed by atoms with Crippen molar-refractivity contribution >= 4 is 17.5 Å². The van der Waals surface area contributed by atoms with E-state index in [4.69, 9.17) is 0 Å². The summed E-state index contributed by atoms with van der Waals surface area (Å²) < 4.78 is 1.38. The van der Waals surface area contributed by atoms with Gasteiger partial charge >= 0.3 is 0 Å². The van der Waals surface area contributed by atoms with Crippen LogP contribution in [-0.4, -0.2) is 33.9 Å². The number of carbonyl (C=O) groups excluding carboxylic acids is 2. The summed E-state index contributed by atoms with van der Waals surface area (Å²) in [6, 6.07) is 10.5. The number of hydrogen-bond acceptors (Lipinski definition) is 3. The third-order valence-electron chi connectivity index (χ3n) is 6.54. The number of hydrogen-bond donors (Lipinski definition) is 1.